The highest BCUT2D eigenvalue weighted by Crippen LogP contribution is 2.67. The molecule has 0 aromatic rings. The topological polar surface area (TPSA) is 46.5 Å². The Morgan fingerprint density at radius 3 is 2.43 bits per heavy atom. The third-order valence-electron chi connectivity index (χ3n) is 4.93. The second-order valence-electron chi connectivity index (χ2n) is 5.44. The third kappa shape index (κ3) is 1.19. The molecule has 2 rings (SSSR count). The van der Waals surface area contributed by atoms with Crippen LogP contribution in [0.1, 0.15) is 40.0 Å². The molecule has 2 fully saturated rings. The highest BCUT2D eigenvalue weighted by Gasteiger charge is 2.64. The van der Waals surface area contributed by atoms with Gasteiger partial charge in [0.25, 0.3) is 0 Å². The Bertz CT molecular complexity index is 277. The van der Waals surface area contributed by atoms with E-state index in [0.29, 0.717) is 5.92 Å². The van der Waals surface area contributed by atoms with Crippen LogP contribution < -0.4 is 0 Å². The summed E-state index contributed by atoms with van der Waals surface area (Å²) >= 11 is 0. The molecule has 14 heavy (non-hydrogen) atoms. The number of rotatable bonds is 2. The van der Waals surface area contributed by atoms with Gasteiger partial charge in [-0.1, -0.05) is 20.8 Å². The second kappa shape index (κ2) is 3.01. The largest absolute Gasteiger partial charge is 0.695 e. The van der Waals surface area contributed by atoms with Crippen molar-refractivity contribution in [3.63, 3.8) is 0 Å². The van der Waals surface area contributed by atoms with E-state index in [1.165, 1.54) is 6.42 Å². The molecule has 3 nitrogen and oxygen atoms in total. The molecule has 0 aliphatic heterocycles. The third-order valence-corrected chi connectivity index (χ3v) is 5.37. The van der Waals surface area contributed by atoms with Gasteiger partial charge in [0.15, 0.2) is 0 Å². The zero-order valence-electron chi connectivity index (χ0n) is 8.99. The van der Waals surface area contributed by atoms with Crippen LogP contribution in [0.2, 0.25) is 0 Å². The van der Waals surface area contributed by atoms with Gasteiger partial charge in [-0.3, -0.25) is 0 Å². The molecule has 0 aromatic heterocycles. The SMILES string of the molecule is CC1(C)[C@@H]2CC[C@@]1(C)[C@@H](O[P+](=O)O)C2. The summed E-state index contributed by atoms with van der Waals surface area (Å²) < 4.78 is 15.9. The zero-order chi connectivity index (χ0) is 10.6. The Morgan fingerprint density at radius 2 is 2.07 bits per heavy atom. The molecule has 0 saturated heterocycles. The minimum Gasteiger partial charge on any atom is -0.133 e. The molecule has 2 aliphatic carbocycles. The highest BCUT2D eigenvalue weighted by atomic mass is 31.1. The lowest BCUT2D eigenvalue weighted by molar-refractivity contribution is 0.0284. The Hall–Kier alpha value is 0.0200. The quantitative estimate of drug-likeness (QED) is 0.723. The van der Waals surface area contributed by atoms with E-state index in [2.05, 4.69) is 20.8 Å². The van der Waals surface area contributed by atoms with Crippen LogP contribution in [-0.2, 0) is 9.09 Å². The van der Waals surface area contributed by atoms with Gasteiger partial charge < -0.3 is 0 Å². The first kappa shape index (κ1) is 10.5. The van der Waals surface area contributed by atoms with Gasteiger partial charge in [0, 0.05) is 9.98 Å². The van der Waals surface area contributed by atoms with Crippen molar-refractivity contribution in [2.45, 2.75) is 46.1 Å². The average molecular weight is 217 g/mol. The van der Waals surface area contributed by atoms with E-state index in [1.807, 2.05) is 0 Å². The first-order chi connectivity index (χ1) is 6.38. The van der Waals surface area contributed by atoms with E-state index < -0.39 is 8.25 Å². The molecule has 0 radical (unpaired) electrons. The Balaban J connectivity index is 2.23. The summed E-state index contributed by atoms with van der Waals surface area (Å²) in [5.74, 6) is 0.660. The van der Waals surface area contributed by atoms with Gasteiger partial charge in [-0.05, 0) is 30.6 Å². The normalized spacial score (nSPS) is 45.6. The van der Waals surface area contributed by atoms with Crippen molar-refractivity contribution in [1.29, 1.82) is 0 Å². The Labute approximate surface area is 85.8 Å². The molecule has 4 heteroatoms. The monoisotopic (exact) mass is 217 g/mol. The van der Waals surface area contributed by atoms with E-state index in [-0.39, 0.29) is 16.9 Å². The summed E-state index contributed by atoms with van der Waals surface area (Å²) in [6.07, 6.45) is 3.29. The summed E-state index contributed by atoms with van der Waals surface area (Å²) in [6, 6.07) is 0. The fraction of sp³-hybridized carbons (Fsp3) is 1.00. The standard InChI is InChI=1S/C10H17O3P/c1-9(2)7-4-5-10(9,3)8(6-7)13-14(11)12/h7-8H,4-6H2,1-3H3/p+1/t7-,8+,10+/m1/s1. The second-order valence-corrected chi connectivity index (χ2v) is 6.13. The van der Waals surface area contributed by atoms with Crippen LogP contribution in [0.15, 0.2) is 0 Å². The molecule has 2 saturated carbocycles. The van der Waals surface area contributed by atoms with Gasteiger partial charge in [-0.25, -0.2) is 0 Å². The maximum Gasteiger partial charge on any atom is 0.695 e. The van der Waals surface area contributed by atoms with Gasteiger partial charge in [0.2, 0.25) is 0 Å². The highest BCUT2D eigenvalue weighted by molar-refractivity contribution is 7.32. The first-order valence-electron chi connectivity index (χ1n) is 5.21. The molecule has 1 N–H and O–H groups in total. The molecule has 0 spiro atoms. The summed E-state index contributed by atoms with van der Waals surface area (Å²) in [4.78, 5) is 8.81. The Morgan fingerprint density at radius 1 is 1.43 bits per heavy atom. The van der Waals surface area contributed by atoms with E-state index in [4.69, 9.17) is 9.42 Å². The van der Waals surface area contributed by atoms with Crippen LogP contribution in [0.4, 0.5) is 0 Å². The predicted octanol–water partition coefficient (Wildman–Crippen LogP) is 2.87. The van der Waals surface area contributed by atoms with Gasteiger partial charge in [0.1, 0.15) is 6.10 Å². The molecule has 2 aliphatic rings. The van der Waals surface area contributed by atoms with Gasteiger partial charge in [0.05, 0.1) is 0 Å². The molecular formula is C10H18O3P+. The zero-order valence-corrected chi connectivity index (χ0v) is 9.88. The molecular weight excluding hydrogens is 199 g/mol. The molecule has 4 atom stereocenters. The van der Waals surface area contributed by atoms with Crippen molar-refractivity contribution in [2.24, 2.45) is 16.7 Å². The van der Waals surface area contributed by atoms with E-state index in [0.717, 1.165) is 12.8 Å². The number of fused-ring (bicyclic) bond motifs is 2. The molecule has 0 amide bonds. The van der Waals surface area contributed by atoms with Crippen molar-refractivity contribution in [3.05, 3.63) is 0 Å². The first-order valence-corrected chi connectivity index (χ1v) is 6.34. The van der Waals surface area contributed by atoms with Crippen LogP contribution in [-0.4, -0.2) is 11.0 Å². The van der Waals surface area contributed by atoms with Crippen LogP contribution in [0.5, 0.6) is 0 Å². The van der Waals surface area contributed by atoms with Crippen molar-refractivity contribution in [1.82, 2.24) is 0 Å². The van der Waals surface area contributed by atoms with Crippen molar-refractivity contribution in [2.75, 3.05) is 0 Å². The lowest BCUT2D eigenvalue weighted by atomic mass is 9.70. The minimum atomic E-state index is -2.45. The van der Waals surface area contributed by atoms with E-state index in [1.54, 1.807) is 0 Å². The van der Waals surface area contributed by atoms with Crippen molar-refractivity contribution < 1.29 is 14.0 Å². The molecule has 1 unspecified atom stereocenters. The predicted molar refractivity (Wildman–Crippen MR) is 53.9 cm³/mol. The van der Waals surface area contributed by atoms with E-state index in [9.17, 15) is 4.57 Å². The number of hydrogen-bond acceptors (Lipinski definition) is 2. The summed E-state index contributed by atoms with van der Waals surface area (Å²) in [7, 11) is -2.45. The Kier molecular flexibility index (Phi) is 2.26. The summed E-state index contributed by atoms with van der Waals surface area (Å²) in [6.45, 7) is 6.72. The summed E-state index contributed by atoms with van der Waals surface area (Å²) in [5.41, 5.74) is 0.342. The molecule has 80 valence electrons. The smallest absolute Gasteiger partial charge is 0.133 e. The van der Waals surface area contributed by atoms with Gasteiger partial charge >= 0.3 is 8.25 Å². The minimum absolute atomic E-state index is 0.0233. The van der Waals surface area contributed by atoms with Crippen LogP contribution in [0.3, 0.4) is 0 Å². The van der Waals surface area contributed by atoms with E-state index >= 15 is 0 Å². The van der Waals surface area contributed by atoms with Gasteiger partial charge in [-0.15, -0.1) is 9.42 Å². The maximum absolute atomic E-state index is 10.7. The average Bonchev–Trinajstić information content (AvgIpc) is 2.35. The molecule has 0 aromatic carbocycles. The van der Waals surface area contributed by atoms with Crippen molar-refractivity contribution >= 4 is 8.25 Å². The van der Waals surface area contributed by atoms with Gasteiger partial charge in [-0.2, -0.15) is 0 Å². The molecule has 0 heterocycles. The lowest BCUT2D eigenvalue weighted by Gasteiger charge is -2.36. The summed E-state index contributed by atoms with van der Waals surface area (Å²) in [5, 5.41) is 0. The van der Waals surface area contributed by atoms with Crippen LogP contribution in [0.25, 0.3) is 0 Å². The lowest BCUT2D eigenvalue weighted by Crippen LogP contribution is -2.36. The fourth-order valence-electron chi connectivity index (χ4n) is 3.40. The van der Waals surface area contributed by atoms with Crippen LogP contribution >= 0.6 is 8.25 Å². The fourth-order valence-corrected chi connectivity index (χ4v) is 3.93. The number of hydrogen-bond donors (Lipinski definition) is 1. The molecule has 2 bridgehead atoms. The maximum atomic E-state index is 10.7. The van der Waals surface area contributed by atoms with Crippen molar-refractivity contribution in [3.8, 4) is 0 Å². The van der Waals surface area contributed by atoms with Crippen LogP contribution in [0, 0.1) is 16.7 Å².